The van der Waals surface area contributed by atoms with Crippen LogP contribution in [0.4, 0.5) is 5.69 Å². The van der Waals surface area contributed by atoms with E-state index in [-0.39, 0.29) is 0 Å². The maximum atomic E-state index is 5.58. The molecular formula is C10H11ClN2O. The maximum Gasteiger partial charge on any atom is 0.181 e. The molecule has 0 atom stereocenters. The van der Waals surface area contributed by atoms with E-state index in [0.717, 1.165) is 29.8 Å². The summed E-state index contributed by atoms with van der Waals surface area (Å²) in [6.07, 6.45) is 2.41. The van der Waals surface area contributed by atoms with Crippen LogP contribution < -0.4 is 5.32 Å². The average molecular weight is 211 g/mol. The van der Waals surface area contributed by atoms with Gasteiger partial charge in [0.15, 0.2) is 12.0 Å². The van der Waals surface area contributed by atoms with Crippen LogP contribution in [-0.2, 0) is 0 Å². The van der Waals surface area contributed by atoms with Crippen LogP contribution in [0.25, 0.3) is 11.1 Å². The largest absolute Gasteiger partial charge is 0.443 e. The van der Waals surface area contributed by atoms with Crippen LogP contribution >= 0.6 is 11.6 Å². The molecular weight excluding hydrogens is 200 g/mol. The fraction of sp³-hybridized carbons (Fsp3) is 0.300. The van der Waals surface area contributed by atoms with E-state index in [2.05, 4.69) is 10.3 Å². The number of halogens is 1. The van der Waals surface area contributed by atoms with Crippen LogP contribution in [0.1, 0.15) is 6.42 Å². The Morgan fingerprint density at radius 1 is 1.43 bits per heavy atom. The van der Waals surface area contributed by atoms with E-state index < -0.39 is 0 Å². The Hall–Kier alpha value is -1.22. The molecule has 1 heterocycles. The van der Waals surface area contributed by atoms with Crippen LogP contribution in [0.5, 0.6) is 0 Å². The van der Waals surface area contributed by atoms with Crippen molar-refractivity contribution in [1.82, 2.24) is 4.98 Å². The molecule has 2 rings (SSSR count). The van der Waals surface area contributed by atoms with Gasteiger partial charge in [-0.15, -0.1) is 11.6 Å². The van der Waals surface area contributed by atoms with Crippen molar-refractivity contribution < 1.29 is 4.42 Å². The van der Waals surface area contributed by atoms with Gasteiger partial charge < -0.3 is 9.73 Å². The lowest BCUT2D eigenvalue weighted by Crippen LogP contribution is -2.01. The molecule has 0 fully saturated rings. The number of nitrogens with one attached hydrogen (secondary N) is 1. The van der Waals surface area contributed by atoms with E-state index >= 15 is 0 Å². The van der Waals surface area contributed by atoms with Gasteiger partial charge >= 0.3 is 0 Å². The Balaban J connectivity index is 2.10. The van der Waals surface area contributed by atoms with Crippen molar-refractivity contribution in [3.63, 3.8) is 0 Å². The van der Waals surface area contributed by atoms with Crippen LogP contribution in [0.2, 0.25) is 0 Å². The summed E-state index contributed by atoms with van der Waals surface area (Å²) in [6, 6.07) is 5.86. The SMILES string of the molecule is ClCCCNc1ccc2ncoc2c1. The number of hydrogen-bond acceptors (Lipinski definition) is 3. The van der Waals surface area contributed by atoms with E-state index in [4.69, 9.17) is 16.0 Å². The lowest BCUT2D eigenvalue weighted by Gasteiger charge is -2.03. The minimum atomic E-state index is 0.678. The number of oxazole rings is 1. The van der Waals surface area contributed by atoms with Gasteiger partial charge in [0.25, 0.3) is 0 Å². The molecule has 0 saturated heterocycles. The molecule has 3 nitrogen and oxygen atoms in total. The fourth-order valence-corrected chi connectivity index (χ4v) is 1.40. The third-order valence-electron chi connectivity index (χ3n) is 1.97. The van der Waals surface area contributed by atoms with Crippen molar-refractivity contribution in [3.05, 3.63) is 24.6 Å². The van der Waals surface area contributed by atoms with E-state index in [1.165, 1.54) is 6.39 Å². The van der Waals surface area contributed by atoms with Gasteiger partial charge in [-0.1, -0.05) is 0 Å². The van der Waals surface area contributed by atoms with Gasteiger partial charge in [-0.25, -0.2) is 4.98 Å². The van der Waals surface area contributed by atoms with E-state index in [9.17, 15) is 0 Å². The standard InChI is InChI=1S/C10H11ClN2O/c11-4-1-5-12-8-2-3-9-10(6-8)14-7-13-9/h2-3,6-7,12H,1,4-5H2. The molecule has 0 radical (unpaired) electrons. The summed E-state index contributed by atoms with van der Waals surface area (Å²) in [5, 5.41) is 3.26. The topological polar surface area (TPSA) is 38.1 Å². The summed E-state index contributed by atoms with van der Waals surface area (Å²) in [4.78, 5) is 4.04. The number of benzene rings is 1. The minimum absolute atomic E-state index is 0.678. The molecule has 1 aromatic carbocycles. The number of fused-ring (bicyclic) bond motifs is 1. The molecule has 0 bridgehead atoms. The number of hydrogen-bond donors (Lipinski definition) is 1. The Labute approximate surface area is 87.1 Å². The van der Waals surface area contributed by atoms with E-state index in [0.29, 0.717) is 5.88 Å². The monoisotopic (exact) mass is 210 g/mol. The van der Waals surface area contributed by atoms with Gasteiger partial charge in [-0.2, -0.15) is 0 Å². The second-order valence-electron chi connectivity index (χ2n) is 3.00. The molecule has 0 unspecified atom stereocenters. The van der Waals surface area contributed by atoms with Crippen LogP contribution in [0, 0.1) is 0 Å². The first-order chi connectivity index (χ1) is 6.90. The van der Waals surface area contributed by atoms with Crippen LogP contribution in [0.3, 0.4) is 0 Å². The summed E-state index contributed by atoms with van der Waals surface area (Å²) in [5.41, 5.74) is 2.73. The smallest absolute Gasteiger partial charge is 0.181 e. The predicted octanol–water partition coefficient (Wildman–Crippen LogP) is 2.87. The molecule has 2 aromatic rings. The minimum Gasteiger partial charge on any atom is -0.443 e. The lowest BCUT2D eigenvalue weighted by molar-refractivity contribution is 0.602. The molecule has 1 aromatic heterocycles. The highest BCUT2D eigenvalue weighted by Crippen LogP contribution is 2.17. The lowest BCUT2D eigenvalue weighted by atomic mass is 10.3. The molecule has 0 aliphatic carbocycles. The zero-order valence-corrected chi connectivity index (χ0v) is 8.42. The van der Waals surface area contributed by atoms with Gasteiger partial charge in [0.2, 0.25) is 0 Å². The molecule has 4 heteroatoms. The van der Waals surface area contributed by atoms with Crippen LogP contribution in [-0.4, -0.2) is 17.4 Å². The van der Waals surface area contributed by atoms with Crippen molar-refractivity contribution >= 4 is 28.4 Å². The van der Waals surface area contributed by atoms with Gasteiger partial charge in [0, 0.05) is 24.2 Å². The number of rotatable bonds is 4. The highest BCUT2D eigenvalue weighted by molar-refractivity contribution is 6.17. The summed E-state index contributed by atoms with van der Waals surface area (Å²) >= 11 is 5.58. The number of aromatic nitrogens is 1. The fourth-order valence-electron chi connectivity index (χ4n) is 1.26. The third-order valence-corrected chi connectivity index (χ3v) is 2.24. The van der Waals surface area contributed by atoms with Crippen LogP contribution in [0.15, 0.2) is 29.0 Å². The molecule has 0 saturated carbocycles. The average Bonchev–Trinajstić information content (AvgIpc) is 2.65. The summed E-state index contributed by atoms with van der Waals surface area (Å²) < 4.78 is 5.19. The van der Waals surface area contributed by atoms with Crippen molar-refractivity contribution in [2.45, 2.75) is 6.42 Å². The Kier molecular flexibility index (Phi) is 2.89. The van der Waals surface area contributed by atoms with E-state index in [1.54, 1.807) is 0 Å². The molecule has 14 heavy (non-hydrogen) atoms. The first-order valence-electron chi connectivity index (χ1n) is 4.53. The zero-order valence-electron chi connectivity index (χ0n) is 7.66. The van der Waals surface area contributed by atoms with Gasteiger partial charge in [-0.3, -0.25) is 0 Å². The highest BCUT2D eigenvalue weighted by Gasteiger charge is 1.98. The van der Waals surface area contributed by atoms with Gasteiger partial charge in [0.05, 0.1) is 0 Å². The molecule has 0 aliphatic rings. The highest BCUT2D eigenvalue weighted by atomic mass is 35.5. The summed E-state index contributed by atoms with van der Waals surface area (Å²) in [6.45, 7) is 0.878. The Morgan fingerprint density at radius 3 is 3.21 bits per heavy atom. The van der Waals surface area contributed by atoms with E-state index in [1.807, 2.05) is 18.2 Å². The van der Waals surface area contributed by atoms with Crippen molar-refractivity contribution in [1.29, 1.82) is 0 Å². The third kappa shape index (κ3) is 1.99. The predicted molar refractivity (Wildman–Crippen MR) is 57.8 cm³/mol. The molecule has 74 valence electrons. The second kappa shape index (κ2) is 4.33. The first-order valence-corrected chi connectivity index (χ1v) is 5.07. The number of alkyl halides is 1. The number of nitrogens with zero attached hydrogens (tertiary/aromatic N) is 1. The normalized spacial score (nSPS) is 10.6. The first kappa shape index (κ1) is 9.34. The zero-order chi connectivity index (χ0) is 9.80. The molecule has 0 spiro atoms. The molecule has 0 aliphatic heterocycles. The second-order valence-corrected chi connectivity index (χ2v) is 3.38. The van der Waals surface area contributed by atoms with Crippen molar-refractivity contribution in [2.24, 2.45) is 0 Å². The molecule has 0 amide bonds. The summed E-state index contributed by atoms with van der Waals surface area (Å²) in [7, 11) is 0. The van der Waals surface area contributed by atoms with Crippen molar-refractivity contribution in [2.75, 3.05) is 17.7 Å². The maximum absolute atomic E-state index is 5.58. The Bertz CT molecular complexity index is 413. The number of anilines is 1. The summed E-state index contributed by atoms with van der Waals surface area (Å²) in [5.74, 6) is 0.678. The van der Waals surface area contributed by atoms with Gasteiger partial charge in [-0.05, 0) is 18.6 Å². The quantitative estimate of drug-likeness (QED) is 0.623. The molecule has 1 N–H and O–H groups in total. The Morgan fingerprint density at radius 2 is 2.36 bits per heavy atom. The van der Waals surface area contributed by atoms with Gasteiger partial charge in [0.1, 0.15) is 5.52 Å². The van der Waals surface area contributed by atoms with Crippen molar-refractivity contribution in [3.8, 4) is 0 Å².